The second kappa shape index (κ2) is 4.68. The van der Waals surface area contributed by atoms with Gasteiger partial charge in [0.25, 0.3) is 0 Å². The minimum Gasteiger partial charge on any atom is -0.396 e. The van der Waals surface area contributed by atoms with Crippen LogP contribution in [0.15, 0.2) is 30.5 Å². The number of aryl methyl sites for hydroxylation is 1. The highest BCUT2D eigenvalue weighted by atomic mass is 35.5. The van der Waals surface area contributed by atoms with E-state index in [4.69, 9.17) is 16.7 Å². The maximum absolute atomic E-state index is 8.86. The zero-order valence-electron chi connectivity index (χ0n) is 9.02. The van der Waals surface area contributed by atoms with Gasteiger partial charge in [0.15, 0.2) is 0 Å². The molecule has 1 aromatic carbocycles. The van der Waals surface area contributed by atoms with Crippen molar-refractivity contribution in [1.82, 2.24) is 9.78 Å². The molecule has 2 aromatic rings. The highest BCUT2D eigenvalue weighted by Crippen LogP contribution is 2.20. The maximum atomic E-state index is 8.86. The van der Waals surface area contributed by atoms with Crippen molar-refractivity contribution in [3.63, 3.8) is 0 Å². The van der Waals surface area contributed by atoms with Gasteiger partial charge in [-0.3, -0.25) is 0 Å². The number of halogens is 1. The summed E-state index contributed by atoms with van der Waals surface area (Å²) in [7, 11) is 0. The summed E-state index contributed by atoms with van der Waals surface area (Å²) in [6.45, 7) is 2.12. The predicted molar refractivity (Wildman–Crippen MR) is 64.1 cm³/mol. The lowest BCUT2D eigenvalue weighted by atomic mass is 10.2. The van der Waals surface area contributed by atoms with Crippen LogP contribution in [0.5, 0.6) is 0 Å². The molecule has 0 aliphatic rings. The van der Waals surface area contributed by atoms with E-state index in [1.54, 1.807) is 10.9 Å². The summed E-state index contributed by atoms with van der Waals surface area (Å²) in [5.74, 6) is 0. The average molecular weight is 237 g/mol. The lowest BCUT2D eigenvalue weighted by Gasteiger charge is -2.03. The van der Waals surface area contributed by atoms with Crippen molar-refractivity contribution >= 4 is 11.6 Å². The predicted octanol–water partition coefficient (Wildman–Crippen LogP) is 2.37. The molecule has 0 saturated carbocycles. The van der Waals surface area contributed by atoms with Crippen molar-refractivity contribution in [3.05, 3.63) is 46.7 Å². The summed E-state index contributed by atoms with van der Waals surface area (Å²) in [4.78, 5) is 0. The molecule has 4 heteroatoms. The Morgan fingerprint density at radius 3 is 2.62 bits per heavy atom. The SMILES string of the molecule is Cc1ccc(-n2ncc(CCO)c2Cl)cc1. The number of benzene rings is 1. The number of hydrogen-bond donors (Lipinski definition) is 1. The van der Waals surface area contributed by atoms with Crippen molar-refractivity contribution in [2.75, 3.05) is 6.61 Å². The van der Waals surface area contributed by atoms with Crippen LogP contribution in [0, 0.1) is 6.92 Å². The fourth-order valence-electron chi connectivity index (χ4n) is 1.52. The van der Waals surface area contributed by atoms with Gasteiger partial charge in [0.2, 0.25) is 0 Å². The van der Waals surface area contributed by atoms with Crippen LogP contribution in [-0.4, -0.2) is 21.5 Å². The third kappa shape index (κ3) is 2.10. The zero-order chi connectivity index (χ0) is 11.5. The van der Waals surface area contributed by atoms with E-state index in [0.29, 0.717) is 11.6 Å². The van der Waals surface area contributed by atoms with Crippen LogP contribution in [-0.2, 0) is 6.42 Å². The molecule has 0 saturated heterocycles. The van der Waals surface area contributed by atoms with Crippen LogP contribution in [0.3, 0.4) is 0 Å². The number of rotatable bonds is 3. The van der Waals surface area contributed by atoms with Gasteiger partial charge in [-0.15, -0.1) is 0 Å². The molecular formula is C12H13ClN2O. The Balaban J connectivity index is 2.37. The minimum atomic E-state index is 0.0826. The van der Waals surface area contributed by atoms with E-state index in [9.17, 15) is 0 Å². The molecule has 84 valence electrons. The van der Waals surface area contributed by atoms with Gasteiger partial charge in [-0.05, 0) is 19.1 Å². The first-order valence-electron chi connectivity index (χ1n) is 5.12. The van der Waals surface area contributed by atoms with Crippen LogP contribution in [0.4, 0.5) is 0 Å². The molecule has 0 atom stereocenters. The van der Waals surface area contributed by atoms with Crippen molar-refractivity contribution in [2.24, 2.45) is 0 Å². The van der Waals surface area contributed by atoms with E-state index in [-0.39, 0.29) is 6.61 Å². The summed E-state index contributed by atoms with van der Waals surface area (Å²) in [6, 6.07) is 7.96. The molecule has 0 aliphatic heterocycles. The number of nitrogens with zero attached hydrogens (tertiary/aromatic N) is 2. The molecule has 1 heterocycles. The van der Waals surface area contributed by atoms with E-state index in [1.807, 2.05) is 31.2 Å². The Bertz CT molecular complexity index is 476. The molecule has 0 aliphatic carbocycles. The first-order valence-corrected chi connectivity index (χ1v) is 5.50. The van der Waals surface area contributed by atoms with Crippen LogP contribution in [0.2, 0.25) is 5.15 Å². The topological polar surface area (TPSA) is 38.0 Å². The Kier molecular flexibility index (Phi) is 3.27. The molecule has 0 amide bonds. The standard InChI is InChI=1S/C12H13ClN2O/c1-9-2-4-11(5-3-9)15-12(13)10(6-7-16)8-14-15/h2-5,8,16H,6-7H2,1H3. The fourth-order valence-corrected chi connectivity index (χ4v) is 1.81. The summed E-state index contributed by atoms with van der Waals surface area (Å²) in [5, 5.41) is 13.6. The van der Waals surface area contributed by atoms with Gasteiger partial charge >= 0.3 is 0 Å². The summed E-state index contributed by atoms with van der Waals surface area (Å²) in [6.07, 6.45) is 2.23. The van der Waals surface area contributed by atoms with Crippen molar-refractivity contribution in [3.8, 4) is 5.69 Å². The minimum absolute atomic E-state index is 0.0826. The number of hydrogen-bond acceptors (Lipinski definition) is 2. The third-order valence-electron chi connectivity index (χ3n) is 2.44. The highest BCUT2D eigenvalue weighted by Gasteiger charge is 2.08. The molecular weight excluding hydrogens is 224 g/mol. The Hall–Kier alpha value is -1.32. The van der Waals surface area contributed by atoms with Gasteiger partial charge in [-0.1, -0.05) is 29.3 Å². The second-order valence-corrected chi connectivity index (χ2v) is 4.04. The molecule has 3 nitrogen and oxygen atoms in total. The molecule has 0 bridgehead atoms. The quantitative estimate of drug-likeness (QED) is 0.889. The van der Waals surface area contributed by atoms with Crippen molar-refractivity contribution < 1.29 is 5.11 Å². The van der Waals surface area contributed by atoms with Crippen LogP contribution in [0.25, 0.3) is 5.69 Å². The summed E-state index contributed by atoms with van der Waals surface area (Å²) >= 11 is 6.17. The van der Waals surface area contributed by atoms with E-state index in [0.717, 1.165) is 11.3 Å². The van der Waals surface area contributed by atoms with Crippen molar-refractivity contribution in [2.45, 2.75) is 13.3 Å². The van der Waals surface area contributed by atoms with E-state index < -0.39 is 0 Å². The Labute approximate surface area is 99.3 Å². The van der Waals surface area contributed by atoms with Crippen LogP contribution in [0.1, 0.15) is 11.1 Å². The van der Waals surface area contributed by atoms with Gasteiger partial charge in [-0.2, -0.15) is 5.10 Å². The lowest BCUT2D eigenvalue weighted by Crippen LogP contribution is -1.97. The van der Waals surface area contributed by atoms with Crippen molar-refractivity contribution in [1.29, 1.82) is 0 Å². The smallest absolute Gasteiger partial charge is 0.136 e. The normalized spacial score (nSPS) is 10.7. The average Bonchev–Trinajstić information content (AvgIpc) is 2.63. The number of aromatic nitrogens is 2. The highest BCUT2D eigenvalue weighted by molar-refractivity contribution is 6.30. The molecule has 16 heavy (non-hydrogen) atoms. The molecule has 0 spiro atoms. The summed E-state index contributed by atoms with van der Waals surface area (Å²) < 4.78 is 1.67. The maximum Gasteiger partial charge on any atom is 0.136 e. The molecule has 1 aromatic heterocycles. The molecule has 0 radical (unpaired) electrons. The molecule has 1 N–H and O–H groups in total. The second-order valence-electron chi connectivity index (χ2n) is 3.68. The van der Waals surface area contributed by atoms with E-state index in [1.165, 1.54) is 5.56 Å². The van der Waals surface area contributed by atoms with Gasteiger partial charge in [0, 0.05) is 18.6 Å². The molecule has 0 unspecified atom stereocenters. The lowest BCUT2D eigenvalue weighted by molar-refractivity contribution is 0.299. The van der Waals surface area contributed by atoms with Gasteiger partial charge in [-0.25, -0.2) is 4.68 Å². The Morgan fingerprint density at radius 1 is 1.31 bits per heavy atom. The third-order valence-corrected chi connectivity index (χ3v) is 2.84. The van der Waals surface area contributed by atoms with Gasteiger partial charge in [0.1, 0.15) is 5.15 Å². The number of aliphatic hydroxyl groups is 1. The fraction of sp³-hybridized carbons (Fsp3) is 0.250. The molecule has 2 rings (SSSR count). The zero-order valence-corrected chi connectivity index (χ0v) is 9.78. The number of aliphatic hydroxyl groups excluding tert-OH is 1. The van der Waals surface area contributed by atoms with Gasteiger partial charge < -0.3 is 5.11 Å². The summed E-state index contributed by atoms with van der Waals surface area (Å²) in [5.41, 5.74) is 2.99. The van der Waals surface area contributed by atoms with Gasteiger partial charge in [0.05, 0.1) is 11.9 Å². The van der Waals surface area contributed by atoms with Crippen LogP contribution >= 0.6 is 11.6 Å². The molecule has 0 fully saturated rings. The van der Waals surface area contributed by atoms with E-state index in [2.05, 4.69) is 5.10 Å². The first kappa shape index (κ1) is 11.2. The largest absolute Gasteiger partial charge is 0.396 e. The van der Waals surface area contributed by atoms with E-state index >= 15 is 0 Å². The van der Waals surface area contributed by atoms with Crippen LogP contribution < -0.4 is 0 Å². The monoisotopic (exact) mass is 236 g/mol. The first-order chi connectivity index (χ1) is 7.72. The Morgan fingerprint density at radius 2 is 2.00 bits per heavy atom.